The predicted molar refractivity (Wildman–Crippen MR) is 114 cm³/mol. The molecule has 2 N–H and O–H groups in total. The molecule has 0 aromatic heterocycles. The molecule has 28 heavy (non-hydrogen) atoms. The molecule has 8 heteroatoms. The standard InChI is InChI=1S/C20H38N4O3S/c1-20(2,11-13-28(4,26)27)15-22-19(21-3)23-17-10-12-24(14-17)18(25)16-8-6-5-7-9-16/h16-17H,5-15H2,1-4H3,(H2,21,22,23). The highest BCUT2D eigenvalue weighted by atomic mass is 32.2. The topological polar surface area (TPSA) is 90.9 Å². The molecule has 0 aromatic rings. The highest BCUT2D eigenvalue weighted by Gasteiger charge is 2.32. The van der Waals surface area contributed by atoms with E-state index in [2.05, 4.69) is 29.5 Å². The zero-order chi connectivity index (χ0) is 20.8. The first kappa shape index (κ1) is 23.0. The summed E-state index contributed by atoms with van der Waals surface area (Å²) in [5.74, 6) is 1.45. The van der Waals surface area contributed by atoms with Crippen LogP contribution in [0.25, 0.3) is 0 Å². The molecule has 1 aliphatic carbocycles. The maximum absolute atomic E-state index is 12.7. The lowest BCUT2D eigenvalue weighted by Crippen LogP contribution is -2.47. The van der Waals surface area contributed by atoms with E-state index in [0.717, 1.165) is 32.4 Å². The highest BCUT2D eigenvalue weighted by Crippen LogP contribution is 2.26. The van der Waals surface area contributed by atoms with Gasteiger partial charge in [-0.3, -0.25) is 9.79 Å². The minimum Gasteiger partial charge on any atom is -0.356 e. The fourth-order valence-electron chi connectivity index (χ4n) is 3.95. The van der Waals surface area contributed by atoms with Gasteiger partial charge in [0.2, 0.25) is 5.91 Å². The van der Waals surface area contributed by atoms with Crippen molar-refractivity contribution in [3.05, 3.63) is 0 Å². The van der Waals surface area contributed by atoms with Crippen molar-refractivity contribution in [2.24, 2.45) is 16.3 Å². The van der Waals surface area contributed by atoms with Gasteiger partial charge in [0.25, 0.3) is 0 Å². The van der Waals surface area contributed by atoms with Crippen LogP contribution in [0.5, 0.6) is 0 Å². The summed E-state index contributed by atoms with van der Waals surface area (Å²) in [6, 6.07) is 0.206. The van der Waals surface area contributed by atoms with Crippen molar-refractivity contribution in [2.75, 3.05) is 38.7 Å². The number of guanidine groups is 1. The van der Waals surface area contributed by atoms with E-state index in [-0.39, 0.29) is 23.1 Å². The number of rotatable bonds is 7. The molecule has 1 saturated heterocycles. The van der Waals surface area contributed by atoms with Crippen LogP contribution in [0.1, 0.15) is 58.8 Å². The van der Waals surface area contributed by atoms with Gasteiger partial charge >= 0.3 is 0 Å². The molecule has 2 fully saturated rings. The van der Waals surface area contributed by atoms with Gasteiger partial charge in [-0.15, -0.1) is 0 Å². The van der Waals surface area contributed by atoms with Crippen molar-refractivity contribution in [3.8, 4) is 0 Å². The van der Waals surface area contributed by atoms with Crippen LogP contribution in [-0.4, -0.2) is 69.9 Å². The molecule has 0 bridgehead atoms. The van der Waals surface area contributed by atoms with Crippen molar-refractivity contribution in [3.63, 3.8) is 0 Å². The van der Waals surface area contributed by atoms with E-state index in [9.17, 15) is 13.2 Å². The number of sulfone groups is 1. The van der Waals surface area contributed by atoms with E-state index in [0.29, 0.717) is 24.8 Å². The Bertz CT molecular complexity index is 654. The van der Waals surface area contributed by atoms with Gasteiger partial charge in [-0.25, -0.2) is 8.42 Å². The molecule has 1 atom stereocenters. The van der Waals surface area contributed by atoms with Crippen LogP contribution in [0.2, 0.25) is 0 Å². The number of hydrogen-bond donors (Lipinski definition) is 2. The monoisotopic (exact) mass is 414 g/mol. The SMILES string of the molecule is CN=C(NCC(C)(C)CCS(C)(=O)=O)NC1CCN(C(=O)C2CCCCC2)C1. The molecule has 1 unspecified atom stereocenters. The van der Waals surface area contributed by atoms with E-state index in [4.69, 9.17) is 0 Å². The summed E-state index contributed by atoms with van der Waals surface area (Å²) in [6.07, 6.45) is 8.50. The van der Waals surface area contributed by atoms with E-state index in [1.807, 2.05) is 4.90 Å². The number of aliphatic imine (C=N–C) groups is 1. The summed E-state index contributed by atoms with van der Waals surface area (Å²) in [5, 5.41) is 6.75. The quantitative estimate of drug-likeness (QED) is 0.490. The molecule has 1 aliphatic heterocycles. The molecule has 0 radical (unpaired) electrons. The van der Waals surface area contributed by atoms with Crippen molar-refractivity contribution in [1.29, 1.82) is 0 Å². The van der Waals surface area contributed by atoms with Gasteiger partial charge in [0.05, 0.1) is 5.75 Å². The van der Waals surface area contributed by atoms with Gasteiger partial charge < -0.3 is 15.5 Å². The maximum Gasteiger partial charge on any atom is 0.225 e. The first-order valence-electron chi connectivity index (χ1n) is 10.5. The fourth-order valence-corrected chi connectivity index (χ4v) is 4.87. The van der Waals surface area contributed by atoms with Crippen molar-refractivity contribution >= 4 is 21.7 Å². The van der Waals surface area contributed by atoms with Crippen LogP contribution in [0.3, 0.4) is 0 Å². The Morgan fingerprint density at radius 1 is 1.18 bits per heavy atom. The van der Waals surface area contributed by atoms with Crippen molar-refractivity contribution in [2.45, 2.75) is 64.8 Å². The summed E-state index contributed by atoms with van der Waals surface area (Å²) >= 11 is 0. The minimum atomic E-state index is -2.95. The Labute approximate surface area is 170 Å². The zero-order valence-corrected chi connectivity index (χ0v) is 18.8. The van der Waals surface area contributed by atoms with Crippen LogP contribution in [0.4, 0.5) is 0 Å². The van der Waals surface area contributed by atoms with Crippen LogP contribution >= 0.6 is 0 Å². The lowest BCUT2D eigenvalue weighted by molar-refractivity contribution is -0.135. The second-order valence-electron chi connectivity index (χ2n) is 9.22. The highest BCUT2D eigenvalue weighted by molar-refractivity contribution is 7.90. The first-order valence-corrected chi connectivity index (χ1v) is 12.6. The lowest BCUT2D eigenvalue weighted by Gasteiger charge is -2.27. The average molecular weight is 415 g/mol. The Hall–Kier alpha value is -1.31. The molecule has 162 valence electrons. The number of likely N-dealkylation sites (tertiary alicyclic amines) is 1. The molecule has 7 nitrogen and oxygen atoms in total. The summed E-state index contributed by atoms with van der Waals surface area (Å²) < 4.78 is 22.8. The average Bonchev–Trinajstić information content (AvgIpc) is 3.12. The smallest absolute Gasteiger partial charge is 0.225 e. The molecular formula is C20H38N4O3S. The van der Waals surface area contributed by atoms with Crippen LogP contribution in [0, 0.1) is 11.3 Å². The molecule has 2 aliphatic rings. The Balaban J connectivity index is 1.77. The molecule has 1 heterocycles. The second-order valence-corrected chi connectivity index (χ2v) is 11.5. The van der Waals surface area contributed by atoms with E-state index in [1.54, 1.807) is 7.05 Å². The van der Waals surface area contributed by atoms with E-state index < -0.39 is 9.84 Å². The fraction of sp³-hybridized carbons (Fsp3) is 0.900. The van der Waals surface area contributed by atoms with Crippen LogP contribution in [0.15, 0.2) is 4.99 Å². The Kier molecular flexibility index (Phi) is 8.16. The molecule has 2 rings (SSSR count). The molecule has 0 aromatic carbocycles. The maximum atomic E-state index is 12.7. The number of amides is 1. The Morgan fingerprint density at radius 2 is 1.86 bits per heavy atom. The third kappa shape index (κ3) is 7.60. The van der Waals surface area contributed by atoms with Gasteiger partial charge in [-0.05, 0) is 31.1 Å². The van der Waals surface area contributed by atoms with E-state index >= 15 is 0 Å². The van der Waals surface area contributed by atoms with Crippen molar-refractivity contribution in [1.82, 2.24) is 15.5 Å². The first-order chi connectivity index (χ1) is 13.1. The number of carbonyl (C=O) groups is 1. The third-order valence-electron chi connectivity index (χ3n) is 5.90. The van der Waals surface area contributed by atoms with Crippen LogP contribution < -0.4 is 10.6 Å². The van der Waals surface area contributed by atoms with Gasteiger partial charge in [0.1, 0.15) is 9.84 Å². The number of hydrogen-bond acceptors (Lipinski definition) is 4. The molecule has 0 spiro atoms. The summed E-state index contributed by atoms with van der Waals surface area (Å²) in [6.45, 7) is 6.29. The second kappa shape index (κ2) is 9.94. The summed E-state index contributed by atoms with van der Waals surface area (Å²) in [5.41, 5.74) is -0.153. The number of nitrogens with zero attached hydrogens (tertiary/aromatic N) is 2. The molecular weight excluding hydrogens is 376 g/mol. The minimum absolute atomic E-state index is 0.153. The summed E-state index contributed by atoms with van der Waals surface area (Å²) in [7, 11) is -1.22. The molecule has 1 saturated carbocycles. The number of carbonyl (C=O) groups excluding carboxylic acids is 1. The predicted octanol–water partition coefficient (Wildman–Crippen LogP) is 1.79. The van der Waals surface area contributed by atoms with Gasteiger partial charge in [-0.1, -0.05) is 33.1 Å². The molecule has 1 amide bonds. The zero-order valence-electron chi connectivity index (χ0n) is 18.0. The van der Waals surface area contributed by atoms with Gasteiger partial charge in [0.15, 0.2) is 5.96 Å². The van der Waals surface area contributed by atoms with Gasteiger partial charge in [0, 0.05) is 44.9 Å². The summed E-state index contributed by atoms with van der Waals surface area (Å²) in [4.78, 5) is 19.0. The van der Waals surface area contributed by atoms with Gasteiger partial charge in [-0.2, -0.15) is 0 Å². The lowest BCUT2D eigenvalue weighted by atomic mass is 9.88. The number of nitrogens with one attached hydrogen (secondary N) is 2. The van der Waals surface area contributed by atoms with E-state index in [1.165, 1.54) is 25.5 Å². The van der Waals surface area contributed by atoms with Crippen LogP contribution in [-0.2, 0) is 14.6 Å². The van der Waals surface area contributed by atoms with Crippen molar-refractivity contribution < 1.29 is 13.2 Å². The normalized spacial score (nSPS) is 22.4. The largest absolute Gasteiger partial charge is 0.356 e. The third-order valence-corrected chi connectivity index (χ3v) is 6.85. The Morgan fingerprint density at radius 3 is 2.46 bits per heavy atom.